The number of carbonyl (C=O) groups is 1. The largest absolute Gasteiger partial charge is 0.351 e. The molecule has 3 nitrogen and oxygen atoms in total. The van der Waals surface area contributed by atoms with Crippen LogP contribution in [0.4, 0.5) is 0 Å². The number of nitrogens with one attached hydrogen (secondary N) is 2. The van der Waals surface area contributed by atoms with Crippen LogP contribution < -0.4 is 10.6 Å². The lowest BCUT2D eigenvalue weighted by atomic mass is 10.2. The lowest BCUT2D eigenvalue weighted by molar-refractivity contribution is -0.121. The van der Waals surface area contributed by atoms with Crippen molar-refractivity contribution in [2.24, 2.45) is 0 Å². The zero-order valence-corrected chi connectivity index (χ0v) is 11.9. The molecular weight excluding hydrogens is 276 g/mol. The second kappa shape index (κ2) is 7.97. The lowest BCUT2D eigenvalue weighted by Crippen LogP contribution is -2.41. The monoisotopic (exact) mass is 292 g/mol. The van der Waals surface area contributed by atoms with E-state index in [4.69, 9.17) is 0 Å². The molecule has 0 radical (unpaired) electrons. The minimum absolute atomic E-state index is 0. The van der Waals surface area contributed by atoms with Crippen molar-refractivity contribution in [1.29, 1.82) is 0 Å². The molecule has 0 aliphatic carbocycles. The Morgan fingerprint density at radius 1 is 1.59 bits per heavy atom. The maximum Gasteiger partial charge on any atom is 0.221 e. The van der Waals surface area contributed by atoms with Crippen LogP contribution in [-0.2, 0) is 11.3 Å². The van der Waals surface area contributed by atoms with E-state index in [1.807, 2.05) is 29.3 Å². The Morgan fingerprint density at radius 2 is 2.47 bits per heavy atom. The Bertz CT molecular complexity index is 326. The van der Waals surface area contributed by atoms with Crippen molar-refractivity contribution in [1.82, 2.24) is 10.6 Å². The Kier molecular flexibility index (Phi) is 6.96. The van der Waals surface area contributed by atoms with Crippen molar-refractivity contribution in [3.8, 4) is 0 Å². The van der Waals surface area contributed by atoms with Gasteiger partial charge in [-0.2, -0.15) is 11.8 Å². The van der Waals surface area contributed by atoms with Gasteiger partial charge in [-0.25, -0.2) is 0 Å². The number of halogens is 1. The molecule has 0 bridgehead atoms. The first-order valence-electron chi connectivity index (χ1n) is 5.45. The van der Waals surface area contributed by atoms with Gasteiger partial charge in [-0.15, -0.1) is 23.7 Å². The van der Waals surface area contributed by atoms with Crippen LogP contribution in [0.2, 0.25) is 0 Å². The molecule has 6 heteroatoms. The van der Waals surface area contributed by atoms with Crippen LogP contribution in [0.15, 0.2) is 17.5 Å². The van der Waals surface area contributed by atoms with Crippen LogP contribution in [0.25, 0.3) is 0 Å². The highest BCUT2D eigenvalue weighted by Crippen LogP contribution is 2.11. The van der Waals surface area contributed by atoms with Gasteiger partial charge >= 0.3 is 0 Å². The molecule has 1 aromatic heterocycles. The Labute approximate surface area is 116 Å². The highest BCUT2D eigenvalue weighted by molar-refractivity contribution is 7.99. The number of hydrogen-bond donors (Lipinski definition) is 2. The van der Waals surface area contributed by atoms with E-state index in [0.29, 0.717) is 19.0 Å². The second-order valence-corrected chi connectivity index (χ2v) is 5.97. The molecule has 2 heterocycles. The standard InChI is InChI=1S/C11H16N2OS2.ClH/c14-11(6-9-8-15-5-3-12-9)13-7-10-2-1-4-16-10;/h1-2,4,9,12H,3,5-8H2,(H,13,14);1H. The van der Waals surface area contributed by atoms with Crippen LogP contribution in [0.5, 0.6) is 0 Å². The van der Waals surface area contributed by atoms with E-state index < -0.39 is 0 Å². The number of carbonyl (C=O) groups excluding carboxylic acids is 1. The first-order valence-corrected chi connectivity index (χ1v) is 7.48. The highest BCUT2D eigenvalue weighted by Gasteiger charge is 2.16. The average molecular weight is 293 g/mol. The SMILES string of the molecule is Cl.O=C(CC1CSCCN1)NCc1cccs1. The first kappa shape index (κ1) is 14.8. The third kappa shape index (κ3) is 5.29. The first-order chi connectivity index (χ1) is 7.84. The van der Waals surface area contributed by atoms with E-state index in [0.717, 1.165) is 18.1 Å². The van der Waals surface area contributed by atoms with Gasteiger partial charge in [0.1, 0.15) is 0 Å². The number of amides is 1. The summed E-state index contributed by atoms with van der Waals surface area (Å²) < 4.78 is 0. The molecule has 96 valence electrons. The molecule has 2 N–H and O–H groups in total. The van der Waals surface area contributed by atoms with Gasteiger partial charge in [0.05, 0.1) is 6.54 Å². The van der Waals surface area contributed by atoms with Gasteiger partial charge in [0.15, 0.2) is 0 Å². The summed E-state index contributed by atoms with van der Waals surface area (Å²) in [6, 6.07) is 4.40. The van der Waals surface area contributed by atoms with E-state index >= 15 is 0 Å². The van der Waals surface area contributed by atoms with Crippen LogP contribution in [0, 0.1) is 0 Å². The molecule has 1 amide bonds. The molecule has 17 heavy (non-hydrogen) atoms. The van der Waals surface area contributed by atoms with Gasteiger partial charge in [0.2, 0.25) is 5.91 Å². The molecule has 1 unspecified atom stereocenters. The van der Waals surface area contributed by atoms with E-state index in [1.165, 1.54) is 4.88 Å². The van der Waals surface area contributed by atoms with Gasteiger partial charge < -0.3 is 10.6 Å². The summed E-state index contributed by atoms with van der Waals surface area (Å²) >= 11 is 3.60. The fourth-order valence-electron chi connectivity index (χ4n) is 1.65. The Hall–Kier alpha value is -0.230. The van der Waals surface area contributed by atoms with Crippen molar-refractivity contribution in [2.45, 2.75) is 19.0 Å². The average Bonchev–Trinajstić information content (AvgIpc) is 2.81. The number of thioether (sulfide) groups is 1. The Morgan fingerprint density at radius 3 is 3.12 bits per heavy atom. The predicted molar refractivity (Wildman–Crippen MR) is 77.1 cm³/mol. The van der Waals surface area contributed by atoms with Gasteiger partial charge in [-0.3, -0.25) is 4.79 Å². The molecule has 1 aliphatic rings. The predicted octanol–water partition coefficient (Wildman–Crippen LogP) is 1.88. The third-order valence-corrected chi connectivity index (χ3v) is 4.48. The molecule has 1 atom stereocenters. The minimum atomic E-state index is 0. The zero-order chi connectivity index (χ0) is 11.2. The fourth-order valence-corrected chi connectivity index (χ4v) is 3.24. The molecule has 1 aromatic rings. The van der Waals surface area contributed by atoms with E-state index in [1.54, 1.807) is 11.3 Å². The Balaban J connectivity index is 0.00000144. The molecule has 0 saturated carbocycles. The summed E-state index contributed by atoms with van der Waals surface area (Å²) in [6.45, 7) is 1.68. The molecular formula is C11H17ClN2OS2. The number of rotatable bonds is 4. The molecule has 1 aliphatic heterocycles. The maximum atomic E-state index is 11.7. The highest BCUT2D eigenvalue weighted by atomic mass is 35.5. The number of thiophene rings is 1. The van der Waals surface area contributed by atoms with Crippen LogP contribution >= 0.6 is 35.5 Å². The van der Waals surface area contributed by atoms with Gasteiger partial charge in [-0.05, 0) is 11.4 Å². The van der Waals surface area contributed by atoms with Crippen LogP contribution in [0.1, 0.15) is 11.3 Å². The normalized spacial score (nSPS) is 19.4. The summed E-state index contributed by atoms with van der Waals surface area (Å²) in [7, 11) is 0. The molecule has 0 spiro atoms. The van der Waals surface area contributed by atoms with Gasteiger partial charge in [0.25, 0.3) is 0 Å². The lowest BCUT2D eigenvalue weighted by Gasteiger charge is -2.22. The van der Waals surface area contributed by atoms with Crippen molar-refractivity contribution in [3.63, 3.8) is 0 Å². The fraction of sp³-hybridized carbons (Fsp3) is 0.545. The van der Waals surface area contributed by atoms with Crippen molar-refractivity contribution in [3.05, 3.63) is 22.4 Å². The zero-order valence-electron chi connectivity index (χ0n) is 9.48. The smallest absolute Gasteiger partial charge is 0.221 e. The minimum Gasteiger partial charge on any atom is -0.351 e. The maximum absolute atomic E-state index is 11.7. The summed E-state index contributed by atoms with van der Waals surface area (Å²) in [5.74, 6) is 2.35. The number of hydrogen-bond acceptors (Lipinski definition) is 4. The molecule has 1 fully saturated rings. The topological polar surface area (TPSA) is 41.1 Å². The molecule has 2 rings (SSSR count). The van der Waals surface area contributed by atoms with Gasteiger partial charge in [0, 0.05) is 35.4 Å². The quantitative estimate of drug-likeness (QED) is 0.890. The van der Waals surface area contributed by atoms with Crippen LogP contribution in [-0.4, -0.2) is 30.0 Å². The van der Waals surface area contributed by atoms with Gasteiger partial charge in [-0.1, -0.05) is 6.07 Å². The third-order valence-electron chi connectivity index (χ3n) is 2.47. The summed E-state index contributed by atoms with van der Waals surface area (Å²) in [5.41, 5.74) is 0. The summed E-state index contributed by atoms with van der Waals surface area (Å²) in [6.07, 6.45) is 0.596. The van der Waals surface area contributed by atoms with Crippen molar-refractivity contribution in [2.75, 3.05) is 18.1 Å². The van der Waals surface area contributed by atoms with Crippen molar-refractivity contribution >= 4 is 41.4 Å². The summed E-state index contributed by atoms with van der Waals surface area (Å²) in [4.78, 5) is 12.9. The molecule has 0 aromatic carbocycles. The van der Waals surface area contributed by atoms with Crippen molar-refractivity contribution < 1.29 is 4.79 Å². The van der Waals surface area contributed by atoms with E-state index in [9.17, 15) is 4.79 Å². The molecule has 1 saturated heterocycles. The summed E-state index contributed by atoms with van der Waals surface area (Å²) in [5, 5.41) is 8.35. The van der Waals surface area contributed by atoms with Crippen LogP contribution in [0.3, 0.4) is 0 Å². The van der Waals surface area contributed by atoms with E-state index in [2.05, 4.69) is 10.6 Å². The second-order valence-electron chi connectivity index (χ2n) is 3.79. The van der Waals surface area contributed by atoms with E-state index in [-0.39, 0.29) is 18.3 Å².